The van der Waals surface area contributed by atoms with Crippen molar-refractivity contribution < 1.29 is 4.39 Å². The summed E-state index contributed by atoms with van der Waals surface area (Å²) >= 11 is 0. The molecule has 0 aliphatic rings. The van der Waals surface area contributed by atoms with Crippen LogP contribution in [0.15, 0.2) is 24.4 Å². The second kappa shape index (κ2) is 5.05. The normalized spacial score (nSPS) is 10.8. The fraction of sp³-hybridized carbons (Fsp3) is 0.333. The highest BCUT2D eigenvalue weighted by Gasteiger charge is 2.07. The van der Waals surface area contributed by atoms with Gasteiger partial charge in [0.15, 0.2) is 0 Å². The third-order valence-electron chi connectivity index (χ3n) is 2.63. The molecule has 1 aromatic carbocycles. The molecule has 0 aliphatic heterocycles. The Labute approximate surface area is 99.5 Å². The first-order valence-corrected chi connectivity index (χ1v) is 5.56. The minimum atomic E-state index is -0.204. The van der Waals surface area contributed by atoms with Crippen LogP contribution in [0.3, 0.4) is 0 Å². The number of hydrogen-bond acceptors (Lipinski definition) is 3. The summed E-state index contributed by atoms with van der Waals surface area (Å²) < 4.78 is 15.4. The lowest BCUT2D eigenvalue weighted by molar-refractivity contribution is 0.593. The highest BCUT2D eigenvalue weighted by molar-refractivity contribution is 5.58. The molecular formula is C12H15FN4. The molecule has 0 amide bonds. The number of rotatable bonds is 4. The number of aromatic nitrogens is 3. The zero-order valence-electron chi connectivity index (χ0n) is 9.94. The number of nitrogens with one attached hydrogen (secondary N) is 1. The summed E-state index contributed by atoms with van der Waals surface area (Å²) in [6, 6.07) is 5.19. The first kappa shape index (κ1) is 11.7. The van der Waals surface area contributed by atoms with Gasteiger partial charge in [-0.2, -0.15) is 0 Å². The van der Waals surface area contributed by atoms with Gasteiger partial charge < -0.3 is 5.32 Å². The molecule has 0 bridgehead atoms. The van der Waals surface area contributed by atoms with E-state index in [9.17, 15) is 4.39 Å². The maximum atomic E-state index is 13.8. The third kappa shape index (κ3) is 2.50. The Kier molecular flexibility index (Phi) is 3.49. The molecule has 0 saturated carbocycles. The van der Waals surface area contributed by atoms with Crippen molar-refractivity contribution in [2.75, 3.05) is 6.54 Å². The average Bonchev–Trinajstić information content (AvgIpc) is 2.74. The van der Waals surface area contributed by atoms with Gasteiger partial charge in [0.2, 0.25) is 0 Å². The molecule has 0 saturated heterocycles. The molecule has 0 unspecified atom stereocenters. The van der Waals surface area contributed by atoms with E-state index in [1.54, 1.807) is 24.0 Å². The lowest BCUT2D eigenvalue weighted by Gasteiger charge is -2.06. The van der Waals surface area contributed by atoms with Crippen LogP contribution in [0.2, 0.25) is 0 Å². The third-order valence-corrected chi connectivity index (χ3v) is 2.63. The summed E-state index contributed by atoms with van der Waals surface area (Å²) in [7, 11) is 1.78. The highest BCUT2D eigenvalue weighted by Crippen LogP contribution is 2.20. The van der Waals surface area contributed by atoms with E-state index in [-0.39, 0.29) is 5.82 Å². The van der Waals surface area contributed by atoms with E-state index in [0.717, 1.165) is 17.8 Å². The van der Waals surface area contributed by atoms with Gasteiger partial charge in [-0.25, -0.2) is 9.07 Å². The van der Waals surface area contributed by atoms with Crippen molar-refractivity contribution in [1.29, 1.82) is 0 Å². The predicted octanol–water partition coefficient (Wildman–Crippen LogP) is 1.73. The Morgan fingerprint density at radius 3 is 2.82 bits per heavy atom. The molecule has 0 atom stereocenters. The molecule has 2 rings (SSSR count). The van der Waals surface area contributed by atoms with Crippen molar-refractivity contribution in [3.05, 3.63) is 35.8 Å². The SMILES string of the molecule is CCNCc1ccc(-c2cnnn2C)cc1F. The van der Waals surface area contributed by atoms with E-state index in [1.165, 1.54) is 6.07 Å². The Bertz CT molecular complexity index is 507. The molecule has 17 heavy (non-hydrogen) atoms. The van der Waals surface area contributed by atoms with Gasteiger partial charge in [-0.3, -0.25) is 0 Å². The number of benzene rings is 1. The minimum absolute atomic E-state index is 0.204. The van der Waals surface area contributed by atoms with E-state index >= 15 is 0 Å². The first-order chi connectivity index (χ1) is 8.22. The van der Waals surface area contributed by atoms with Crippen molar-refractivity contribution in [3.8, 4) is 11.3 Å². The van der Waals surface area contributed by atoms with E-state index in [1.807, 2.05) is 13.0 Å². The largest absolute Gasteiger partial charge is 0.313 e. The second-order valence-corrected chi connectivity index (χ2v) is 3.83. The smallest absolute Gasteiger partial charge is 0.128 e. The Hall–Kier alpha value is -1.75. The molecule has 0 aliphatic carbocycles. The Balaban J connectivity index is 2.28. The van der Waals surface area contributed by atoms with Gasteiger partial charge in [-0.15, -0.1) is 5.10 Å². The standard InChI is InChI=1S/C12H15FN4/c1-3-14-7-10-5-4-9(6-11(10)13)12-8-15-16-17(12)2/h4-6,8,14H,3,7H2,1-2H3. The average molecular weight is 234 g/mol. The van der Waals surface area contributed by atoms with Crippen molar-refractivity contribution in [1.82, 2.24) is 20.3 Å². The molecule has 5 heteroatoms. The molecule has 1 heterocycles. The van der Waals surface area contributed by atoms with Crippen LogP contribution in [0, 0.1) is 5.82 Å². The molecule has 0 radical (unpaired) electrons. The van der Waals surface area contributed by atoms with E-state index < -0.39 is 0 Å². The molecule has 0 spiro atoms. The maximum Gasteiger partial charge on any atom is 0.128 e. The van der Waals surface area contributed by atoms with E-state index in [4.69, 9.17) is 0 Å². The summed E-state index contributed by atoms with van der Waals surface area (Å²) in [5.41, 5.74) is 2.26. The summed E-state index contributed by atoms with van der Waals surface area (Å²) in [5.74, 6) is -0.204. The van der Waals surface area contributed by atoms with Crippen molar-refractivity contribution in [3.63, 3.8) is 0 Å². The number of aryl methyl sites for hydroxylation is 1. The molecule has 1 aromatic heterocycles. The topological polar surface area (TPSA) is 42.7 Å². The zero-order valence-corrected chi connectivity index (χ0v) is 9.94. The van der Waals surface area contributed by atoms with Gasteiger partial charge in [-0.05, 0) is 12.6 Å². The van der Waals surface area contributed by atoms with Crippen LogP contribution in [0.25, 0.3) is 11.3 Å². The van der Waals surface area contributed by atoms with Crippen LogP contribution in [0.5, 0.6) is 0 Å². The minimum Gasteiger partial charge on any atom is -0.313 e. The molecule has 2 aromatic rings. The lowest BCUT2D eigenvalue weighted by Crippen LogP contribution is -2.12. The van der Waals surface area contributed by atoms with Crippen LogP contribution in [0.1, 0.15) is 12.5 Å². The molecule has 0 fully saturated rings. The Morgan fingerprint density at radius 2 is 2.24 bits per heavy atom. The Morgan fingerprint density at radius 1 is 1.41 bits per heavy atom. The van der Waals surface area contributed by atoms with Crippen LogP contribution >= 0.6 is 0 Å². The fourth-order valence-electron chi connectivity index (χ4n) is 1.66. The van der Waals surface area contributed by atoms with Crippen molar-refractivity contribution in [2.45, 2.75) is 13.5 Å². The second-order valence-electron chi connectivity index (χ2n) is 3.83. The summed E-state index contributed by atoms with van der Waals surface area (Å²) in [4.78, 5) is 0. The van der Waals surface area contributed by atoms with Gasteiger partial charge in [0.1, 0.15) is 5.82 Å². The monoisotopic (exact) mass is 234 g/mol. The van der Waals surface area contributed by atoms with Gasteiger partial charge in [0, 0.05) is 24.7 Å². The van der Waals surface area contributed by atoms with Crippen LogP contribution < -0.4 is 5.32 Å². The van der Waals surface area contributed by atoms with E-state index in [0.29, 0.717) is 12.1 Å². The molecule has 90 valence electrons. The maximum absolute atomic E-state index is 13.8. The molecule has 4 nitrogen and oxygen atoms in total. The lowest BCUT2D eigenvalue weighted by atomic mass is 10.1. The number of hydrogen-bond donors (Lipinski definition) is 1. The summed E-state index contributed by atoms with van der Waals surface area (Å²) in [6.45, 7) is 3.37. The first-order valence-electron chi connectivity index (χ1n) is 5.56. The fourth-order valence-corrected chi connectivity index (χ4v) is 1.66. The molecular weight excluding hydrogens is 219 g/mol. The van der Waals surface area contributed by atoms with Gasteiger partial charge in [-0.1, -0.05) is 24.3 Å². The van der Waals surface area contributed by atoms with Gasteiger partial charge in [0.25, 0.3) is 0 Å². The van der Waals surface area contributed by atoms with Crippen LogP contribution in [-0.4, -0.2) is 21.5 Å². The van der Waals surface area contributed by atoms with Crippen LogP contribution in [0.4, 0.5) is 4.39 Å². The number of halogens is 1. The summed E-state index contributed by atoms with van der Waals surface area (Å²) in [6.07, 6.45) is 1.62. The quantitative estimate of drug-likeness (QED) is 0.876. The van der Waals surface area contributed by atoms with Gasteiger partial charge >= 0.3 is 0 Å². The molecule has 1 N–H and O–H groups in total. The van der Waals surface area contributed by atoms with Crippen molar-refractivity contribution in [2.24, 2.45) is 7.05 Å². The van der Waals surface area contributed by atoms with Crippen LogP contribution in [-0.2, 0) is 13.6 Å². The highest BCUT2D eigenvalue weighted by atomic mass is 19.1. The predicted molar refractivity (Wildman–Crippen MR) is 63.8 cm³/mol. The van der Waals surface area contributed by atoms with Gasteiger partial charge in [0.05, 0.1) is 11.9 Å². The number of nitrogens with zero attached hydrogens (tertiary/aromatic N) is 3. The van der Waals surface area contributed by atoms with E-state index in [2.05, 4.69) is 15.6 Å². The van der Waals surface area contributed by atoms with Crippen molar-refractivity contribution >= 4 is 0 Å². The zero-order chi connectivity index (χ0) is 12.3. The summed E-state index contributed by atoms with van der Waals surface area (Å²) in [5, 5.41) is 10.7.